The van der Waals surface area contributed by atoms with Crippen molar-refractivity contribution in [2.75, 3.05) is 14.2 Å². The number of phenols is 2. The molecule has 0 spiro atoms. The molecule has 0 aromatic heterocycles. The number of phenolic OH excluding ortho intramolecular Hbond substituents is 2. The van der Waals surface area contributed by atoms with Crippen LogP contribution in [0.15, 0.2) is 24.0 Å². The second-order valence-corrected chi connectivity index (χ2v) is 12.3. The predicted octanol–water partition coefficient (Wildman–Crippen LogP) is 2.43. The van der Waals surface area contributed by atoms with Crippen molar-refractivity contribution in [1.82, 2.24) is 0 Å². The van der Waals surface area contributed by atoms with Gasteiger partial charge in [-0.2, -0.15) is 0 Å². The monoisotopic (exact) mass is 608 g/mol. The molecule has 1 fully saturated rings. The zero-order valence-electron chi connectivity index (χ0n) is 24.9. The first-order valence-corrected chi connectivity index (χ1v) is 14.1. The summed E-state index contributed by atoms with van der Waals surface area (Å²) in [5.41, 5.74) is -4.02. The first-order valence-electron chi connectivity index (χ1n) is 14.1. The number of ketones is 4. The lowest BCUT2D eigenvalue weighted by atomic mass is 9.65. The minimum absolute atomic E-state index is 0.0509. The fraction of sp³-hybridized carbons (Fsp3) is 0.438. The summed E-state index contributed by atoms with van der Waals surface area (Å²) in [5.74, 6) is -7.81. The van der Waals surface area contributed by atoms with Crippen LogP contribution < -0.4 is 14.2 Å². The molecule has 7 unspecified atom stereocenters. The molecule has 2 aliphatic heterocycles. The normalized spacial score (nSPS) is 32.4. The van der Waals surface area contributed by atoms with Gasteiger partial charge in [-0.3, -0.25) is 19.2 Å². The maximum Gasteiger partial charge on any atom is 0.185 e. The number of methoxy groups -OCH3 is 2. The number of fused-ring (bicyclic) bond motifs is 4. The lowest BCUT2D eigenvalue weighted by Crippen LogP contribution is -2.64. The van der Waals surface area contributed by atoms with Gasteiger partial charge in [-0.25, -0.2) is 0 Å². The van der Waals surface area contributed by atoms with Crippen molar-refractivity contribution in [2.24, 2.45) is 17.8 Å². The second-order valence-electron chi connectivity index (χ2n) is 12.3. The van der Waals surface area contributed by atoms with E-state index in [0.29, 0.717) is 0 Å². The molecule has 6 rings (SSSR count). The number of hydrogen-bond donors (Lipinski definition) is 4. The Bertz CT molecular complexity index is 1720. The third kappa shape index (κ3) is 3.64. The number of aliphatic hydroxyl groups is 2. The van der Waals surface area contributed by atoms with E-state index >= 15 is 0 Å². The molecule has 2 aliphatic carbocycles. The van der Waals surface area contributed by atoms with Crippen LogP contribution in [0.3, 0.4) is 0 Å². The molecule has 232 valence electrons. The van der Waals surface area contributed by atoms with Gasteiger partial charge in [0.05, 0.1) is 25.9 Å². The van der Waals surface area contributed by atoms with Gasteiger partial charge in [0.25, 0.3) is 0 Å². The molecular formula is C32H32O12. The van der Waals surface area contributed by atoms with Crippen molar-refractivity contribution >= 4 is 23.1 Å². The number of Topliss-reactive ketones (excluding diaryl/α,β-unsaturated/α-hetero) is 3. The Kier molecular flexibility index (Phi) is 6.43. The Morgan fingerprint density at radius 2 is 1.39 bits per heavy atom. The zero-order chi connectivity index (χ0) is 32.2. The summed E-state index contributed by atoms with van der Waals surface area (Å²) in [7, 11) is 2.56. The van der Waals surface area contributed by atoms with Gasteiger partial charge in [0.15, 0.2) is 29.1 Å². The summed E-state index contributed by atoms with van der Waals surface area (Å²) in [5, 5.41) is 45.1. The zero-order valence-corrected chi connectivity index (χ0v) is 24.9. The fourth-order valence-electron chi connectivity index (χ4n) is 7.34. The van der Waals surface area contributed by atoms with Crippen molar-refractivity contribution in [3.8, 4) is 39.9 Å². The lowest BCUT2D eigenvalue weighted by molar-refractivity contribution is -0.153. The number of ether oxygens (including phenoxy) is 4. The molecule has 12 heteroatoms. The molecule has 0 bridgehead atoms. The molecule has 7 atom stereocenters. The van der Waals surface area contributed by atoms with Crippen molar-refractivity contribution in [3.05, 3.63) is 40.7 Å². The molecule has 1 saturated carbocycles. The van der Waals surface area contributed by atoms with Crippen molar-refractivity contribution in [2.45, 2.75) is 57.5 Å². The minimum atomic E-state index is -1.74. The van der Waals surface area contributed by atoms with Crippen molar-refractivity contribution in [3.63, 3.8) is 0 Å². The predicted molar refractivity (Wildman–Crippen MR) is 151 cm³/mol. The number of hydrogen-bond acceptors (Lipinski definition) is 12. The van der Waals surface area contributed by atoms with Crippen LogP contribution in [-0.2, 0) is 14.3 Å². The van der Waals surface area contributed by atoms with Gasteiger partial charge >= 0.3 is 0 Å². The van der Waals surface area contributed by atoms with Crippen LogP contribution in [0, 0.1) is 24.7 Å². The minimum Gasteiger partial charge on any atom is -0.506 e. The van der Waals surface area contributed by atoms with E-state index in [2.05, 4.69) is 0 Å². The molecule has 4 N–H and O–H groups in total. The number of benzene rings is 2. The van der Waals surface area contributed by atoms with Crippen LogP contribution >= 0.6 is 0 Å². The van der Waals surface area contributed by atoms with E-state index in [4.69, 9.17) is 18.9 Å². The smallest absolute Gasteiger partial charge is 0.185 e. The number of aromatic hydroxyl groups is 2. The number of carbonyl (C=O) groups excluding carboxylic acids is 4. The molecule has 12 nitrogen and oxygen atoms in total. The van der Waals surface area contributed by atoms with Crippen LogP contribution in [0.2, 0.25) is 0 Å². The van der Waals surface area contributed by atoms with Gasteiger partial charge in [0, 0.05) is 24.1 Å². The number of carbonyl (C=O) groups is 4. The Balaban J connectivity index is 1.55. The summed E-state index contributed by atoms with van der Waals surface area (Å²) >= 11 is 0. The largest absolute Gasteiger partial charge is 0.506 e. The van der Waals surface area contributed by atoms with Crippen LogP contribution in [0.5, 0.6) is 28.7 Å². The van der Waals surface area contributed by atoms with E-state index < -0.39 is 75.8 Å². The standard InChI is InChI=1S/C32H32O12/c1-11-8-16-21(27(37)24-14(34)9-18(42-6)30(40)32(24,4)43-16)25(35)19(11)20-15(41-5)10-17-22(26(20)36)28(38)23-13(33)7-12(2)29(39)31(23,3)44-17/h8-10,12,23-24,29-30,35-36,39-40H,7H2,1-6H3. The second kappa shape index (κ2) is 9.54. The number of rotatable bonds is 3. The average molecular weight is 609 g/mol. The summed E-state index contributed by atoms with van der Waals surface area (Å²) in [6.45, 7) is 6.10. The van der Waals surface area contributed by atoms with Crippen molar-refractivity contribution < 1.29 is 58.6 Å². The molecule has 2 heterocycles. The van der Waals surface area contributed by atoms with Crippen LogP contribution in [0.25, 0.3) is 11.1 Å². The lowest BCUT2D eigenvalue weighted by Gasteiger charge is -2.48. The van der Waals surface area contributed by atoms with E-state index in [1.807, 2.05) is 0 Å². The quantitative estimate of drug-likeness (QED) is 0.374. The summed E-state index contributed by atoms with van der Waals surface area (Å²) < 4.78 is 22.8. The topological polar surface area (TPSA) is 186 Å². The number of allylic oxidation sites excluding steroid dienone is 1. The third-order valence-corrected chi connectivity index (χ3v) is 9.57. The summed E-state index contributed by atoms with van der Waals surface area (Å²) in [6, 6.07) is 2.72. The molecule has 44 heavy (non-hydrogen) atoms. The van der Waals surface area contributed by atoms with E-state index in [9.17, 15) is 39.6 Å². The van der Waals surface area contributed by atoms with E-state index in [-0.39, 0.29) is 57.2 Å². The van der Waals surface area contributed by atoms with Crippen LogP contribution in [0.4, 0.5) is 0 Å². The van der Waals surface area contributed by atoms with Crippen LogP contribution in [0.1, 0.15) is 53.5 Å². The first-order chi connectivity index (χ1) is 20.6. The summed E-state index contributed by atoms with van der Waals surface area (Å²) in [4.78, 5) is 53.8. The maximum absolute atomic E-state index is 13.9. The highest BCUT2D eigenvalue weighted by atomic mass is 16.5. The molecule has 4 aliphatic rings. The van der Waals surface area contributed by atoms with Gasteiger partial charge in [-0.05, 0) is 38.3 Å². The molecule has 0 radical (unpaired) electrons. The van der Waals surface area contributed by atoms with E-state index in [1.165, 1.54) is 40.2 Å². The highest BCUT2D eigenvalue weighted by Gasteiger charge is 2.61. The molecule has 0 amide bonds. The molecule has 2 aromatic carbocycles. The van der Waals surface area contributed by atoms with Gasteiger partial charge in [-0.1, -0.05) is 6.92 Å². The third-order valence-electron chi connectivity index (χ3n) is 9.57. The average Bonchev–Trinajstić information content (AvgIpc) is 2.93. The van der Waals surface area contributed by atoms with Crippen LogP contribution in [-0.4, -0.2) is 81.2 Å². The van der Waals surface area contributed by atoms with Gasteiger partial charge in [-0.15, -0.1) is 0 Å². The SMILES string of the molecule is COC1=CC(=O)C2C(=O)c3c(cc(C)c(-c4c(OC)cc5c(c4O)C(=O)C4C(=O)CC(C)C(O)C4(C)O5)c3O)OC2(C)C1O. The molecule has 2 aromatic rings. The van der Waals surface area contributed by atoms with Gasteiger partial charge < -0.3 is 39.4 Å². The Morgan fingerprint density at radius 3 is 2.00 bits per heavy atom. The van der Waals surface area contributed by atoms with Gasteiger partial charge in [0.1, 0.15) is 68.9 Å². The summed E-state index contributed by atoms with van der Waals surface area (Å²) in [6.07, 6.45) is -1.68. The maximum atomic E-state index is 13.9. The highest BCUT2D eigenvalue weighted by Crippen LogP contribution is 2.56. The Labute approximate surface area is 251 Å². The van der Waals surface area contributed by atoms with Gasteiger partial charge in [0.2, 0.25) is 0 Å². The number of aliphatic hydroxyl groups excluding tert-OH is 2. The van der Waals surface area contributed by atoms with E-state index in [0.717, 1.165) is 6.08 Å². The fourth-order valence-corrected chi connectivity index (χ4v) is 7.34. The highest BCUT2D eigenvalue weighted by molar-refractivity contribution is 6.20. The Morgan fingerprint density at radius 1 is 0.818 bits per heavy atom. The first kappa shape index (κ1) is 29.6. The molecular weight excluding hydrogens is 576 g/mol. The molecule has 0 saturated heterocycles. The van der Waals surface area contributed by atoms with Crippen molar-refractivity contribution in [1.29, 1.82) is 0 Å². The van der Waals surface area contributed by atoms with E-state index in [1.54, 1.807) is 13.8 Å². The number of aryl methyl sites for hydroxylation is 1. The Hall–Kier alpha value is -4.42.